The minimum absolute atomic E-state index is 0.0472. The fourth-order valence-corrected chi connectivity index (χ4v) is 1.46. The van der Waals surface area contributed by atoms with Crippen molar-refractivity contribution in [1.29, 1.82) is 0 Å². The number of aromatic nitrogens is 2. The van der Waals surface area contributed by atoms with Gasteiger partial charge in [-0.2, -0.15) is 5.10 Å². The zero-order valence-electron chi connectivity index (χ0n) is 9.74. The summed E-state index contributed by atoms with van der Waals surface area (Å²) in [6, 6.07) is 3.97. The molecule has 0 bridgehead atoms. The van der Waals surface area contributed by atoms with Gasteiger partial charge in [0.25, 0.3) is 5.91 Å². The van der Waals surface area contributed by atoms with Crippen LogP contribution in [0.1, 0.15) is 15.9 Å². The maximum absolute atomic E-state index is 13.2. The lowest BCUT2D eigenvalue weighted by atomic mass is 10.2. The highest BCUT2D eigenvalue weighted by Crippen LogP contribution is 2.18. The maximum Gasteiger partial charge on any atom is 0.251 e. The van der Waals surface area contributed by atoms with Gasteiger partial charge in [-0.25, -0.2) is 4.39 Å². The Kier molecular flexibility index (Phi) is 3.57. The molecule has 5 nitrogen and oxygen atoms in total. The van der Waals surface area contributed by atoms with Crippen molar-refractivity contribution in [3.8, 4) is 5.75 Å². The molecule has 2 N–H and O–H groups in total. The molecular formula is C12H12FN3O2. The number of nitrogens with one attached hydrogen (secondary N) is 2. The molecule has 0 saturated heterocycles. The monoisotopic (exact) mass is 249 g/mol. The Labute approximate surface area is 103 Å². The molecule has 1 aromatic carbocycles. The highest BCUT2D eigenvalue weighted by Gasteiger charge is 2.09. The number of halogens is 1. The molecule has 0 fully saturated rings. The molecule has 0 aliphatic rings. The molecule has 0 aliphatic heterocycles. The first-order valence-electron chi connectivity index (χ1n) is 5.30. The summed E-state index contributed by atoms with van der Waals surface area (Å²) in [5.74, 6) is -0.746. The van der Waals surface area contributed by atoms with Crippen LogP contribution in [0.4, 0.5) is 4.39 Å². The quantitative estimate of drug-likeness (QED) is 0.862. The molecule has 0 atom stereocenters. The van der Waals surface area contributed by atoms with Gasteiger partial charge >= 0.3 is 0 Å². The number of rotatable bonds is 4. The van der Waals surface area contributed by atoms with Crippen LogP contribution in [0.3, 0.4) is 0 Å². The number of ether oxygens (including phenoxy) is 1. The molecule has 94 valence electrons. The minimum Gasteiger partial charge on any atom is -0.494 e. The Morgan fingerprint density at radius 1 is 1.56 bits per heavy atom. The van der Waals surface area contributed by atoms with E-state index in [9.17, 15) is 9.18 Å². The lowest BCUT2D eigenvalue weighted by Gasteiger charge is -2.06. The largest absolute Gasteiger partial charge is 0.494 e. The van der Waals surface area contributed by atoms with Gasteiger partial charge < -0.3 is 10.1 Å². The number of benzene rings is 1. The molecule has 0 spiro atoms. The van der Waals surface area contributed by atoms with Crippen LogP contribution >= 0.6 is 0 Å². The van der Waals surface area contributed by atoms with Crippen molar-refractivity contribution in [3.63, 3.8) is 0 Å². The van der Waals surface area contributed by atoms with Gasteiger partial charge in [0.15, 0.2) is 11.6 Å². The lowest BCUT2D eigenvalue weighted by Crippen LogP contribution is -2.22. The number of H-pyrrole nitrogens is 1. The zero-order chi connectivity index (χ0) is 13.0. The number of carbonyl (C=O) groups is 1. The van der Waals surface area contributed by atoms with Gasteiger partial charge in [0, 0.05) is 23.9 Å². The number of methoxy groups -OCH3 is 1. The van der Waals surface area contributed by atoms with Crippen molar-refractivity contribution in [2.45, 2.75) is 6.54 Å². The molecule has 1 amide bonds. The number of hydrogen-bond donors (Lipinski definition) is 2. The van der Waals surface area contributed by atoms with E-state index in [-0.39, 0.29) is 11.7 Å². The first-order valence-corrected chi connectivity index (χ1v) is 5.30. The smallest absolute Gasteiger partial charge is 0.251 e. The molecular weight excluding hydrogens is 237 g/mol. The van der Waals surface area contributed by atoms with Crippen LogP contribution in [0.5, 0.6) is 5.75 Å². The SMILES string of the molecule is COc1cc(C(=O)NCc2cn[nH]c2)ccc1F. The third-order valence-corrected chi connectivity index (χ3v) is 2.42. The van der Waals surface area contributed by atoms with Crippen LogP contribution in [-0.4, -0.2) is 23.2 Å². The summed E-state index contributed by atoms with van der Waals surface area (Å²) in [5, 5.41) is 9.11. The zero-order valence-corrected chi connectivity index (χ0v) is 9.74. The summed E-state index contributed by atoms with van der Waals surface area (Å²) in [5.41, 5.74) is 1.20. The van der Waals surface area contributed by atoms with Crippen LogP contribution in [0.2, 0.25) is 0 Å². The van der Waals surface area contributed by atoms with E-state index in [1.807, 2.05) is 0 Å². The minimum atomic E-state index is -0.496. The summed E-state index contributed by atoms with van der Waals surface area (Å²) in [6.45, 7) is 0.356. The summed E-state index contributed by atoms with van der Waals surface area (Å²) in [6.07, 6.45) is 3.30. The van der Waals surface area contributed by atoms with Gasteiger partial charge in [-0.1, -0.05) is 0 Å². The Bertz CT molecular complexity index is 540. The fraction of sp³-hybridized carbons (Fsp3) is 0.167. The van der Waals surface area contributed by atoms with Gasteiger partial charge in [-0.15, -0.1) is 0 Å². The van der Waals surface area contributed by atoms with E-state index in [1.54, 1.807) is 12.4 Å². The van der Waals surface area contributed by atoms with Crippen LogP contribution in [0.15, 0.2) is 30.6 Å². The van der Waals surface area contributed by atoms with Gasteiger partial charge in [0.1, 0.15) is 0 Å². The molecule has 0 aliphatic carbocycles. The van der Waals surface area contributed by atoms with Crippen LogP contribution in [0, 0.1) is 5.82 Å². The van der Waals surface area contributed by atoms with Crippen molar-refractivity contribution in [3.05, 3.63) is 47.5 Å². The standard InChI is InChI=1S/C12H12FN3O2/c1-18-11-4-9(2-3-10(11)13)12(17)14-5-8-6-15-16-7-8/h2-4,6-7H,5H2,1H3,(H,14,17)(H,15,16). The molecule has 0 unspecified atom stereocenters. The number of nitrogens with zero attached hydrogens (tertiary/aromatic N) is 1. The highest BCUT2D eigenvalue weighted by atomic mass is 19.1. The van der Waals surface area contributed by atoms with Gasteiger partial charge in [0.05, 0.1) is 13.3 Å². The third-order valence-electron chi connectivity index (χ3n) is 2.42. The van der Waals surface area contributed by atoms with Crippen LogP contribution < -0.4 is 10.1 Å². The average Bonchev–Trinajstić information content (AvgIpc) is 2.89. The molecule has 2 rings (SSSR count). The number of hydrogen-bond acceptors (Lipinski definition) is 3. The Balaban J connectivity index is 2.04. The fourth-order valence-electron chi connectivity index (χ4n) is 1.46. The van der Waals surface area contributed by atoms with E-state index in [4.69, 9.17) is 4.74 Å². The molecule has 1 heterocycles. The first kappa shape index (κ1) is 12.1. The average molecular weight is 249 g/mol. The van der Waals surface area contributed by atoms with Crippen molar-refractivity contribution >= 4 is 5.91 Å². The van der Waals surface area contributed by atoms with Gasteiger partial charge in [-0.05, 0) is 18.2 Å². The van der Waals surface area contributed by atoms with E-state index in [1.165, 1.54) is 25.3 Å². The predicted molar refractivity (Wildman–Crippen MR) is 62.7 cm³/mol. The Morgan fingerprint density at radius 2 is 2.39 bits per heavy atom. The van der Waals surface area contributed by atoms with Crippen LogP contribution in [-0.2, 0) is 6.54 Å². The topological polar surface area (TPSA) is 67.0 Å². The highest BCUT2D eigenvalue weighted by molar-refractivity contribution is 5.94. The number of aromatic amines is 1. The van der Waals surface area contributed by atoms with Crippen molar-refractivity contribution in [2.24, 2.45) is 0 Å². The van der Waals surface area contributed by atoms with Crippen molar-refractivity contribution in [2.75, 3.05) is 7.11 Å². The Hall–Kier alpha value is -2.37. The van der Waals surface area contributed by atoms with Crippen LogP contribution in [0.25, 0.3) is 0 Å². The van der Waals surface area contributed by atoms with Crippen molar-refractivity contribution < 1.29 is 13.9 Å². The maximum atomic E-state index is 13.2. The van der Waals surface area contributed by atoms with E-state index in [0.717, 1.165) is 5.56 Å². The second-order valence-electron chi connectivity index (χ2n) is 3.64. The van der Waals surface area contributed by atoms with Crippen molar-refractivity contribution in [1.82, 2.24) is 15.5 Å². The molecule has 18 heavy (non-hydrogen) atoms. The lowest BCUT2D eigenvalue weighted by molar-refractivity contribution is 0.0950. The predicted octanol–water partition coefficient (Wildman–Crippen LogP) is 1.49. The second kappa shape index (κ2) is 5.31. The first-order chi connectivity index (χ1) is 8.70. The second-order valence-corrected chi connectivity index (χ2v) is 3.64. The molecule has 0 saturated carbocycles. The molecule has 6 heteroatoms. The number of amides is 1. The summed E-state index contributed by atoms with van der Waals surface area (Å²) >= 11 is 0. The van der Waals surface area contributed by atoms with E-state index >= 15 is 0 Å². The van der Waals surface area contributed by atoms with Gasteiger partial charge in [0.2, 0.25) is 0 Å². The Morgan fingerprint density at radius 3 is 3.06 bits per heavy atom. The molecule has 0 radical (unpaired) electrons. The normalized spacial score (nSPS) is 10.1. The summed E-state index contributed by atoms with van der Waals surface area (Å²) < 4.78 is 18.0. The molecule has 1 aromatic heterocycles. The number of carbonyl (C=O) groups excluding carboxylic acids is 1. The van der Waals surface area contributed by atoms with E-state index in [2.05, 4.69) is 15.5 Å². The van der Waals surface area contributed by atoms with Gasteiger partial charge in [-0.3, -0.25) is 9.89 Å². The third kappa shape index (κ3) is 2.65. The van der Waals surface area contributed by atoms with E-state index < -0.39 is 5.82 Å². The summed E-state index contributed by atoms with van der Waals surface area (Å²) in [7, 11) is 1.35. The molecule has 2 aromatic rings. The van der Waals surface area contributed by atoms with E-state index in [0.29, 0.717) is 12.1 Å². The summed E-state index contributed by atoms with van der Waals surface area (Å²) in [4.78, 5) is 11.8.